The van der Waals surface area contributed by atoms with Crippen molar-refractivity contribution in [2.24, 2.45) is 0 Å². The maximum Gasteiger partial charge on any atom is 0.124 e. The van der Waals surface area contributed by atoms with Crippen molar-refractivity contribution in [1.82, 2.24) is 5.32 Å². The molecule has 2 rings (SSSR count). The lowest BCUT2D eigenvalue weighted by atomic mass is 10.2. The molecule has 1 N–H and O–H groups in total. The van der Waals surface area contributed by atoms with E-state index in [0.29, 0.717) is 23.2 Å². The monoisotopic (exact) mass is 325 g/mol. The van der Waals surface area contributed by atoms with Crippen molar-refractivity contribution < 1.29 is 9.47 Å². The Morgan fingerprint density at radius 2 is 1.86 bits per heavy atom. The second kappa shape index (κ2) is 7.55. The molecule has 0 unspecified atom stereocenters. The molecule has 0 heterocycles. The van der Waals surface area contributed by atoms with Crippen LogP contribution < -0.4 is 14.8 Å². The summed E-state index contributed by atoms with van der Waals surface area (Å²) in [6.45, 7) is 1.13. The number of nitrogens with one attached hydrogen (secondary N) is 1. The first-order valence-corrected chi connectivity index (χ1v) is 7.28. The van der Waals surface area contributed by atoms with Crippen LogP contribution in [0.5, 0.6) is 11.5 Å². The van der Waals surface area contributed by atoms with Crippen LogP contribution in [0.1, 0.15) is 11.1 Å². The molecule has 5 heteroatoms. The molecular formula is C16H17Cl2NO2. The maximum absolute atomic E-state index is 6.00. The van der Waals surface area contributed by atoms with E-state index in [-0.39, 0.29) is 0 Å². The molecule has 0 amide bonds. The predicted octanol–water partition coefficient (Wildman–Crippen LogP) is 4.30. The minimum Gasteiger partial charge on any atom is -0.497 e. The van der Waals surface area contributed by atoms with E-state index < -0.39 is 0 Å². The molecule has 0 saturated heterocycles. The molecule has 0 fully saturated rings. The Balaban J connectivity index is 2.13. The predicted molar refractivity (Wildman–Crippen MR) is 86.6 cm³/mol. The Morgan fingerprint density at radius 3 is 2.52 bits per heavy atom. The number of benzene rings is 2. The molecule has 0 aromatic heterocycles. The Labute approximate surface area is 134 Å². The van der Waals surface area contributed by atoms with Crippen LogP contribution in [0.2, 0.25) is 10.0 Å². The summed E-state index contributed by atoms with van der Waals surface area (Å²) < 4.78 is 11.1. The van der Waals surface area contributed by atoms with Crippen LogP contribution in [-0.4, -0.2) is 14.2 Å². The summed E-state index contributed by atoms with van der Waals surface area (Å²) in [6.07, 6.45) is 0. The molecule has 0 aliphatic heterocycles. The van der Waals surface area contributed by atoms with Crippen molar-refractivity contribution in [2.75, 3.05) is 14.2 Å². The topological polar surface area (TPSA) is 30.5 Å². The average Bonchev–Trinajstić information content (AvgIpc) is 2.49. The van der Waals surface area contributed by atoms with Gasteiger partial charge in [-0.3, -0.25) is 0 Å². The molecule has 0 aliphatic rings. The fraction of sp³-hybridized carbons (Fsp3) is 0.250. The number of methoxy groups -OCH3 is 1. The lowest BCUT2D eigenvalue weighted by Crippen LogP contribution is -2.08. The third-order valence-corrected chi connectivity index (χ3v) is 3.75. The molecule has 0 radical (unpaired) electrons. The highest BCUT2D eigenvalue weighted by Crippen LogP contribution is 2.26. The minimum absolute atomic E-state index is 0.430. The van der Waals surface area contributed by atoms with Crippen LogP contribution >= 0.6 is 23.2 Å². The van der Waals surface area contributed by atoms with Gasteiger partial charge in [-0.25, -0.2) is 0 Å². The van der Waals surface area contributed by atoms with E-state index in [1.165, 1.54) is 0 Å². The van der Waals surface area contributed by atoms with Crippen molar-refractivity contribution in [3.63, 3.8) is 0 Å². The first kappa shape index (κ1) is 16.0. The highest BCUT2D eigenvalue weighted by molar-refractivity contribution is 6.42. The molecular weight excluding hydrogens is 309 g/mol. The number of hydrogen-bond donors (Lipinski definition) is 1. The largest absolute Gasteiger partial charge is 0.497 e. The zero-order valence-electron chi connectivity index (χ0n) is 12.0. The van der Waals surface area contributed by atoms with Crippen molar-refractivity contribution in [3.05, 3.63) is 57.6 Å². The third kappa shape index (κ3) is 4.27. The van der Waals surface area contributed by atoms with E-state index in [0.717, 1.165) is 22.6 Å². The second-order valence-corrected chi connectivity index (χ2v) is 5.36. The third-order valence-electron chi connectivity index (χ3n) is 3.01. The first-order chi connectivity index (χ1) is 10.1. The number of ether oxygens (including phenoxy) is 2. The average molecular weight is 326 g/mol. The highest BCUT2D eigenvalue weighted by atomic mass is 35.5. The van der Waals surface area contributed by atoms with Gasteiger partial charge in [0.25, 0.3) is 0 Å². The van der Waals surface area contributed by atoms with Gasteiger partial charge < -0.3 is 14.8 Å². The van der Waals surface area contributed by atoms with E-state index in [1.807, 2.05) is 37.4 Å². The van der Waals surface area contributed by atoms with Crippen molar-refractivity contribution in [3.8, 4) is 11.5 Å². The Hall–Kier alpha value is -1.42. The highest BCUT2D eigenvalue weighted by Gasteiger charge is 2.06. The van der Waals surface area contributed by atoms with Gasteiger partial charge in [0, 0.05) is 12.1 Å². The quantitative estimate of drug-likeness (QED) is 0.858. The molecule has 2 aromatic carbocycles. The fourth-order valence-corrected chi connectivity index (χ4v) is 2.26. The number of hydrogen-bond acceptors (Lipinski definition) is 3. The second-order valence-electron chi connectivity index (χ2n) is 4.54. The summed E-state index contributed by atoms with van der Waals surface area (Å²) in [6, 6.07) is 11.2. The van der Waals surface area contributed by atoms with Crippen LogP contribution in [0.25, 0.3) is 0 Å². The van der Waals surface area contributed by atoms with Crippen molar-refractivity contribution in [2.45, 2.75) is 13.2 Å². The molecule has 112 valence electrons. The van der Waals surface area contributed by atoms with Gasteiger partial charge in [0.15, 0.2) is 0 Å². The Kier molecular flexibility index (Phi) is 5.74. The van der Waals surface area contributed by atoms with E-state index in [2.05, 4.69) is 5.32 Å². The SMILES string of the molecule is CNCc1cc(OC)ccc1OCc1ccc(Cl)c(Cl)c1. The van der Waals surface area contributed by atoms with E-state index >= 15 is 0 Å². The smallest absolute Gasteiger partial charge is 0.124 e. The van der Waals surface area contributed by atoms with E-state index in [9.17, 15) is 0 Å². The first-order valence-electron chi connectivity index (χ1n) is 6.52. The standard InChI is InChI=1S/C16H17Cl2NO2/c1-19-9-12-8-13(20-2)4-6-16(12)21-10-11-3-5-14(17)15(18)7-11/h3-8,19H,9-10H2,1-2H3. The van der Waals surface area contributed by atoms with Crippen LogP contribution in [-0.2, 0) is 13.2 Å². The number of rotatable bonds is 6. The van der Waals surface area contributed by atoms with Gasteiger partial charge in [0.1, 0.15) is 18.1 Å². The van der Waals surface area contributed by atoms with Crippen molar-refractivity contribution >= 4 is 23.2 Å². The maximum atomic E-state index is 6.00. The summed E-state index contributed by atoms with van der Waals surface area (Å²) in [5.74, 6) is 1.62. The molecule has 21 heavy (non-hydrogen) atoms. The zero-order chi connectivity index (χ0) is 15.2. The lowest BCUT2D eigenvalue weighted by Gasteiger charge is -2.13. The zero-order valence-corrected chi connectivity index (χ0v) is 13.5. The Bertz CT molecular complexity index is 617. The van der Waals surface area contributed by atoms with Gasteiger partial charge in [0.2, 0.25) is 0 Å². The Morgan fingerprint density at radius 1 is 1.05 bits per heavy atom. The molecule has 3 nitrogen and oxygen atoms in total. The number of halogens is 2. The normalized spacial score (nSPS) is 10.5. The molecule has 0 spiro atoms. The molecule has 0 saturated carbocycles. The van der Waals surface area contributed by atoms with Crippen molar-refractivity contribution in [1.29, 1.82) is 0 Å². The van der Waals surface area contributed by atoms with Gasteiger partial charge in [-0.05, 0) is 42.9 Å². The van der Waals surface area contributed by atoms with E-state index in [1.54, 1.807) is 13.2 Å². The summed E-state index contributed by atoms with van der Waals surface area (Å²) in [4.78, 5) is 0. The van der Waals surface area contributed by atoms with Crippen LogP contribution in [0.3, 0.4) is 0 Å². The summed E-state index contributed by atoms with van der Waals surface area (Å²) in [5, 5.41) is 4.19. The fourth-order valence-electron chi connectivity index (χ4n) is 1.94. The van der Waals surface area contributed by atoms with Crippen LogP contribution in [0.4, 0.5) is 0 Å². The molecule has 0 aliphatic carbocycles. The summed E-state index contributed by atoms with van der Waals surface area (Å²) in [5.41, 5.74) is 2.01. The summed E-state index contributed by atoms with van der Waals surface area (Å²) in [7, 11) is 3.54. The van der Waals surface area contributed by atoms with Gasteiger partial charge in [-0.2, -0.15) is 0 Å². The van der Waals surface area contributed by atoms with Crippen LogP contribution in [0.15, 0.2) is 36.4 Å². The molecule has 0 atom stereocenters. The van der Waals surface area contributed by atoms with Gasteiger partial charge in [-0.15, -0.1) is 0 Å². The van der Waals surface area contributed by atoms with Gasteiger partial charge in [0.05, 0.1) is 17.2 Å². The molecule has 0 bridgehead atoms. The lowest BCUT2D eigenvalue weighted by molar-refractivity contribution is 0.301. The van der Waals surface area contributed by atoms with Gasteiger partial charge in [-0.1, -0.05) is 29.3 Å². The van der Waals surface area contributed by atoms with Gasteiger partial charge >= 0.3 is 0 Å². The van der Waals surface area contributed by atoms with E-state index in [4.69, 9.17) is 32.7 Å². The minimum atomic E-state index is 0.430. The molecule has 2 aromatic rings. The summed E-state index contributed by atoms with van der Waals surface area (Å²) >= 11 is 11.9. The van der Waals surface area contributed by atoms with Crippen LogP contribution in [0, 0.1) is 0 Å².